The van der Waals surface area contributed by atoms with Crippen LogP contribution in [0, 0.1) is 10.1 Å². The molecule has 7 heteroatoms. The summed E-state index contributed by atoms with van der Waals surface area (Å²) < 4.78 is 10.7. The van der Waals surface area contributed by atoms with Crippen LogP contribution < -0.4 is 4.74 Å². The number of aryl methyl sites for hydroxylation is 1. The van der Waals surface area contributed by atoms with Gasteiger partial charge in [-0.05, 0) is 36.5 Å². The highest BCUT2D eigenvalue weighted by atomic mass is 16.7. The van der Waals surface area contributed by atoms with Gasteiger partial charge < -0.3 is 14.4 Å². The summed E-state index contributed by atoms with van der Waals surface area (Å²) in [5.41, 5.74) is 3.53. The Morgan fingerprint density at radius 1 is 1.28 bits per heavy atom. The second kappa shape index (κ2) is 8.05. The van der Waals surface area contributed by atoms with Crippen molar-refractivity contribution < 1.29 is 19.2 Å². The van der Waals surface area contributed by atoms with Gasteiger partial charge in [-0.1, -0.05) is 24.3 Å². The van der Waals surface area contributed by atoms with Crippen LogP contribution in [0.2, 0.25) is 0 Å². The zero-order valence-corrected chi connectivity index (χ0v) is 16.2. The molecule has 2 aliphatic rings. The molecule has 0 radical (unpaired) electrons. The standard InChI is InChI=1S/C22H22N2O5/c1-23(20-8-4-6-15-5-2-3-7-19(15)20)21(25)10-9-16-11-18(24(26)27)12-17-13-28-14-29-22(16)17/h2-3,5,7,9-12,20H,4,6,8,13-14H2,1H3. The monoisotopic (exact) mass is 394 g/mol. The average molecular weight is 394 g/mol. The number of carbonyl (C=O) groups is 1. The molecule has 1 aliphatic carbocycles. The van der Waals surface area contributed by atoms with E-state index in [1.807, 2.05) is 12.1 Å². The van der Waals surface area contributed by atoms with Gasteiger partial charge in [-0.25, -0.2) is 0 Å². The zero-order chi connectivity index (χ0) is 20.4. The molecular weight excluding hydrogens is 372 g/mol. The number of nitro groups is 1. The highest BCUT2D eigenvalue weighted by molar-refractivity contribution is 5.92. The summed E-state index contributed by atoms with van der Waals surface area (Å²) in [4.78, 5) is 25.4. The highest BCUT2D eigenvalue weighted by Crippen LogP contribution is 2.35. The molecule has 1 amide bonds. The number of benzene rings is 2. The third kappa shape index (κ3) is 3.86. The summed E-state index contributed by atoms with van der Waals surface area (Å²) in [6, 6.07) is 11.1. The van der Waals surface area contributed by atoms with E-state index >= 15 is 0 Å². The van der Waals surface area contributed by atoms with Gasteiger partial charge >= 0.3 is 0 Å². The number of rotatable bonds is 4. The Morgan fingerprint density at radius 2 is 2.10 bits per heavy atom. The number of ether oxygens (including phenoxy) is 2. The summed E-state index contributed by atoms with van der Waals surface area (Å²) in [5, 5.41) is 11.2. The molecule has 1 atom stereocenters. The Bertz CT molecular complexity index is 985. The van der Waals surface area contributed by atoms with E-state index in [4.69, 9.17) is 9.47 Å². The number of fused-ring (bicyclic) bond motifs is 2. The van der Waals surface area contributed by atoms with E-state index in [-0.39, 0.29) is 31.0 Å². The van der Waals surface area contributed by atoms with Crippen LogP contribution in [0.1, 0.15) is 41.1 Å². The molecule has 2 aromatic rings. The number of nitro benzene ring substituents is 1. The molecule has 4 rings (SSSR count). The number of non-ortho nitro benzene ring substituents is 1. The zero-order valence-electron chi connectivity index (χ0n) is 16.2. The van der Waals surface area contributed by atoms with Gasteiger partial charge in [0.05, 0.1) is 17.6 Å². The predicted octanol–water partition coefficient (Wildman–Crippen LogP) is 4.01. The summed E-state index contributed by atoms with van der Waals surface area (Å²) in [7, 11) is 1.80. The summed E-state index contributed by atoms with van der Waals surface area (Å²) >= 11 is 0. The number of hydrogen-bond acceptors (Lipinski definition) is 5. The van der Waals surface area contributed by atoms with Crippen molar-refractivity contribution >= 4 is 17.7 Å². The lowest BCUT2D eigenvalue weighted by molar-refractivity contribution is -0.385. The maximum atomic E-state index is 12.9. The van der Waals surface area contributed by atoms with E-state index < -0.39 is 4.92 Å². The fourth-order valence-electron chi connectivity index (χ4n) is 4.02. The van der Waals surface area contributed by atoms with Crippen molar-refractivity contribution in [2.24, 2.45) is 0 Å². The fraction of sp³-hybridized carbons (Fsp3) is 0.318. The van der Waals surface area contributed by atoms with Crippen molar-refractivity contribution in [3.63, 3.8) is 0 Å². The van der Waals surface area contributed by atoms with Crippen LogP contribution in [-0.4, -0.2) is 29.6 Å². The molecule has 29 heavy (non-hydrogen) atoms. The van der Waals surface area contributed by atoms with Crippen molar-refractivity contribution in [1.82, 2.24) is 4.90 Å². The number of amides is 1. The lowest BCUT2D eigenvalue weighted by atomic mass is 9.87. The fourth-order valence-corrected chi connectivity index (χ4v) is 4.02. The Labute approximate surface area is 168 Å². The van der Waals surface area contributed by atoms with E-state index in [0.29, 0.717) is 16.9 Å². The summed E-state index contributed by atoms with van der Waals surface area (Å²) in [5.74, 6) is 0.371. The maximum absolute atomic E-state index is 12.9. The van der Waals surface area contributed by atoms with Crippen LogP contribution in [0.3, 0.4) is 0 Å². The van der Waals surface area contributed by atoms with Gasteiger partial charge in [0.2, 0.25) is 5.91 Å². The third-order valence-corrected chi connectivity index (χ3v) is 5.49. The van der Waals surface area contributed by atoms with Crippen molar-refractivity contribution in [1.29, 1.82) is 0 Å². The first-order valence-corrected chi connectivity index (χ1v) is 9.59. The van der Waals surface area contributed by atoms with Gasteiger partial charge in [0.25, 0.3) is 5.69 Å². The molecule has 150 valence electrons. The quantitative estimate of drug-likeness (QED) is 0.445. The predicted molar refractivity (Wildman–Crippen MR) is 107 cm³/mol. The van der Waals surface area contributed by atoms with E-state index in [1.165, 1.54) is 29.3 Å². The Morgan fingerprint density at radius 3 is 2.93 bits per heavy atom. The van der Waals surface area contributed by atoms with Crippen molar-refractivity contribution in [2.75, 3.05) is 13.8 Å². The maximum Gasteiger partial charge on any atom is 0.270 e. The third-order valence-electron chi connectivity index (χ3n) is 5.49. The van der Waals surface area contributed by atoms with E-state index in [9.17, 15) is 14.9 Å². The minimum atomic E-state index is -0.459. The minimum absolute atomic E-state index is 0.0285. The topological polar surface area (TPSA) is 81.9 Å². The highest BCUT2D eigenvalue weighted by Gasteiger charge is 2.26. The average Bonchev–Trinajstić information content (AvgIpc) is 2.76. The van der Waals surface area contributed by atoms with Gasteiger partial charge in [0.1, 0.15) is 5.75 Å². The molecule has 7 nitrogen and oxygen atoms in total. The first-order valence-electron chi connectivity index (χ1n) is 9.59. The number of likely N-dealkylation sites (N-methyl/N-ethyl adjacent to an activating group) is 1. The number of carbonyl (C=O) groups excluding carboxylic acids is 1. The van der Waals surface area contributed by atoms with Gasteiger partial charge in [-0.3, -0.25) is 14.9 Å². The van der Waals surface area contributed by atoms with E-state index in [2.05, 4.69) is 12.1 Å². The molecule has 1 heterocycles. The van der Waals surface area contributed by atoms with E-state index in [1.54, 1.807) is 18.0 Å². The molecule has 1 unspecified atom stereocenters. The second-order valence-corrected chi connectivity index (χ2v) is 7.28. The normalized spacial score (nSPS) is 17.9. The van der Waals surface area contributed by atoms with Crippen molar-refractivity contribution in [2.45, 2.75) is 31.9 Å². The number of hydrogen-bond donors (Lipinski definition) is 0. The van der Waals surface area contributed by atoms with Crippen LogP contribution >= 0.6 is 0 Å². The van der Waals surface area contributed by atoms with Crippen LogP contribution in [0.25, 0.3) is 6.08 Å². The molecule has 0 saturated heterocycles. The van der Waals surface area contributed by atoms with Gasteiger partial charge in [0.15, 0.2) is 6.79 Å². The summed E-state index contributed by atoms with van der Waals surface area (Å²) in [6.45, 7) is 0.322. The van der Waals surface area contributed by atoms with E-state index in [0.717, 1.165) is 19.3 Å². The van der Waals surface area contributed by atoms with Crippen LogP contribution in [0.15, 0.2) is 42.5 Å². The molecule has 0 aromatic heterocycles. The second-order valence-electron chi connectivity index (χ2n) is 7.28. The molecule has 0 spiro atoms. The Kier molecular flexibility index (Phi) is 5.31. The molecule has 2 aromatic carbocycles. The van der Waals surface area contributed by atoms with Crippen LogP contribution in [-0.2, 0) is 22.6 Å². The SMILES string of the molecule is CN(C(=O)C=Cc1cc([N+](=O)[O-])cc2c1OCOC2)C1CCCc2ccccc21. The smallest absolute Gasteiger partial charge is 0.270 e. The first kappa shape index (κ1) is 19.1. The van der Waals surface area contributed by atoms with Gasteiger partial charge in [-0.2, -0.15) is 0 Å². The molecule has 1 aliphatic heterocycles. The molecule has 0 N–H and O–H groups in total. The number of nitrogens with zero attached hydrogens (tertiary/aromatic N) is 2. The van der Waals surface area contributed by atoms with Crippen molar-refractivity contribution in [3.05, 3.63) is 74.8 Å². The van der Waals surface area contributed by atoms with Crippen LogP contribution in [0.4, 0.5) is 5.69 Å². The molecule has 0 fully saturated rings. The Balaban J connectivity index is 1.59. The largest absolute Gasteiger partial charge is 0.467 e. The molecule has 0 bridgehead atoms. The van der Waals surface area contributed by atoms with Gasteiger partial charge in [-0.15, -0.1) is 0 Å². The van der Waals surface area contributed by atoms with Crippen molar-refractivity contribution in [3.8, 4) is 5.75 Å². The molecular formula is C22H22N2O5. The van der Waals surface area contributed by atoms with Gasteiger partial charge in [0, 0.05) is 36.4 Å². The molecule has 0 saturated carbocycles. The Hall–Kier alpha value is -3.19. The first-order chi connectivity index (χ1) is 14.0. The van der Waals surface area contributed by atoms with Crippen LogP contribution in [0.5, 0.6) is 5.75 Å². The minimum Gasteiger partial charge on any atom is -0.467 e. The lowest BCUT2D eigenvalue weighted by Gasteiger charge is -2.32. The summed E-state index contributed by atoms with van der Waals surface area (Å²) in [6.07, 6.45) is 6.03. The lowest BCUT2D eigenvalue weighted by Crippen LogP contribution is -2.32.